The second kappa shape index (κ2) is 11.6. The van der Waals surface area contributed by atoms with E-state index in [4.69, 9.17) is 0 Å². The van der Waals surface area contributed by atoms with Crippen LogP contribution in [-0.2, 0) is 31.6 Å². The topological polar surface area (TPSA) is 64.0 Å². The number of likely N-dealkylation sites (N-methyl/N-ethyl adjacent to an activating group) is 1. The van der Waals surface area contributed by atoms with Crippen LogP contribution in [0.3, 0.4) is 0 Å². The van der Waals surface area contributed by atoms with Crippen molar-refractivity contribution in [2.75, 3.05) is 30.9 Å². The standard InChI is InChI=1S/C26H28F9N7/c1-4-19-13-22(20-12-16(24(27,28)29)5-6-21(20)36-19)41(23-37-39-42(38-23)8-7-40(2)3)14-15-9-17(25(30,31)32)11-18(10-15)26(33,34)35/h5-6,9-12,19,22,36H,4,7-8,13-14H2,1-3H3/p+1/t19-,22+/m1/s1. The maximum absolute atomic E-state index is 13.7. The zero-order valence-corrected chi connectivity index (χ0v) is 22.8. The van der Waals surface area contributed by atoms with Crippen molar-refractivity contribution < 1.29 is 44.3 Å². The van der Waals surface area contributed by atoms with Gasteiger partial charge in [-0.25, -0.2) is 0 Å². The highest BCUT2D eigenvalue weighted by Crippen LogP contribution is 2.43. The monoisotopic (exact) mass is 610 g/mol. The number of rotatable bonds is 8. The molecule has 16 heteroatoms. The lowest BCUT2D eigenvalue weighted by Gasteiger charge is -2.38. The fraction of sp³-hybridized carbons (Fsp3) is 0.500. The highest BCUT2D eigenvalue weighted by molar-refractivity contribution is 5.59. The molecule has 0 bridgehead atoms. The SMILES string of the molecule is CC[C@@H]1C[C@H](N(Cc2cc(C(F)(F)F)cc(C(F)(F)F)c2)c2n[nH][n+](CCN(C)C)n2)c2cc(C(F)(F)F)ccc2N1. The molecule has 1 aromatic heterocycles. The zero-order valence-electron chi connectivity index (χ0n) is 22.8. The number of benzene rings is 2. The Kier molecular flexibility index (Phi) is 8.67. The summed E-state index contributed by atoms with van der Waals surface area (Å²) < 4.78 is 123. The van der Waals surface area contributed by atoms with E-state index in [-0.39, 0.29) is 35.6 Å². The van der Waals surface area contributed by atoms with E-state index in [1.54, 1.807) is 0 Å². The Balaban J connectivity index is 1.87. The third kappa shape index (κ3) is 7.25. The van der Waals surface area contributed by atoms with Gasteiger partial charge in [-0.3, -0.25) is 0 Å². The van der Waals surface area contributed by atoms with Crippen molar-refractivity contribution in [1.29, 1.82) is 0 Å². The quantitative estimate of drug-likeness (QED) is 0.240. The van der Waals surface area contributed by atoms with Crippen LogP contribution in [0.5, 0.6) is 0 Å². The van der Waals surface area contributed by atoms with Gasteiger partial charge in [-0.1, -0.05) is 11.7 Å². The van der Waals surface area contributed by atoms with Crippen molar-refractivity contribution in [3.63, 3.8) is 0 Å². The summed E-state index contributed by atoms with van der Waals surface area (Å²) in [6, 6.07) is 3.16. The second-order valence-corrected chi connectivity index (χ2v) is 10.4. The third-order valence-electron chi connectivity index (χ3n) is 6.97. The Morgan fingerprint density at radius 2 is 1.50 bits per heavy atom. The van der Waals surface area contributed by atoms with Crippen LogP contribution < -0.4 is 15.0 Å². The van der Waals surface area contributed by atoms with Gasteiger partial charge in [0.1, 0.15) is 6.54 Å². The Bertz CT molecular complexity index is 1350. The van der Waals surface area contributed by atoms with Crippen molar-refractivity contribution in [3.05, 3.63) is 64.2 Å². The van der Waals surface area contributed by atoms with E-state index in [1.165, 1.54) is 15.8 Å². The average molecular weight is 611 g/mol. The van der Waals surface area contributed by atoms with E-state index < -0.39 is 47.8 Å². The van der Waals surface area contributed by atoms with Crippen LogP contribution in [0.25, 0.3) is 0 Å². The van der Waals surface area contributed by atoms with Crippen LogP contribution in [0.1, 0.15) is 53.6 Å². The lowest BCUT2D eigenvalue weighted by molar-refractivity contribution is -0.804. The summed E-state index contributed by atoms with van der Waals surface area (Å²) in [5, 5.41) is 14.3. The molecule has 1 aliphatic rings. The summed E-state index contributed by atoms with van der Waals surface area (Å²) in [7, 11) is 3.62. The van der Waals surface area contributed by atoms with Gasteiger partial charge in [-0.05, 0) is 79.7 Å². The van der Waals surface area contributed by atoms with Gasteiger partial charge in [0, 0.05) is 29.9 Å². The number of aromatic nitrogens is 4. The van der Waals surface area contributed by atoms with Gasteiger partial charge in [0.05, 0.1) is 27.8 Å². The number of fused-ring (bicyclic) bond motifs is 1. The molecule has 0 radical (unpaired) electrons. The fourth-order valence-corrected chi connectivity index (χ4v) is 4.78. The van der Waals surface area contributed by atoms with E-state index in [0.29, 0.717) is 37.3 Å². The molecule has 0 aliphatic carbocycles. The van der Waals surface area contributed by atoms with E-state index in [1.807, 2.05) is 25.9 Å². The summed E-state index contributed by atoms with van der Waals surface area (Å²) in [4.78, 5) is 4.53. The van der Waals surface area contributed by atoms with Gasteiger partial charge in [0.15, 0.2) is 0 Å². The Morgan fingerprint density at radius 1 is 0.881 bits per heavy atom. The second-order valence-electron chi connectivity index (χ2n) is 10.4. The van der Waals surface area contributed by atoms with Gasteiger partial charge in [-0.2, -0.15) is 39.5 Å². The molecule has 42 heavy (non-hydrogen) atoms. The molecule has 2 atom stereocenters. The number of hydrogen-bond donors (Lipinski definition) is 2. The normalized spacial score (nSPS) is 17.7. The molecule has 2 heterocycles. The van der Waals surface area contributed by atoms with Crippen molar-refractivity contribution in [2.45, 2.75) is 63.5 Å². The molecule has 0 unspecified atom stereocenters. The lowest BCUT2D eigenvalue weighted by Crippen LogP contribution is -2.44. The summed E-state index contributed by atoms with van der Waals surface area (Å²) in [6.45, 7) is 2.13. The molecule has 4 rings (SSSR count). The number of tetrazole rings is 1. The van der Waals surface area contributed by atoms with Crippen LogP contribution in [0.15, 0.2) is 36.4 Å². The largest absolute Gasteiger partial charge is 0.416 e. The number of alkyl halides is 9. The predicted molar refractivity (Wildman–Crippen MR) is 134 cm³/mol. The first-order valence-corrected chi connectivity index (χ1v) is 13.0. The van der Waals surface area contributed by atoms with Crippen LogP contribution in [0, 0.1) is 0 Å². The van der Waals surface area contributed by atoms with Gasteiger partial charge >= 0.3 is 24.5 Å². The molecule has 3 aromatic rings. The van der Waals surface area contributed by atoms with Crippen molar-refractivity contribution in [2.24, 2.45) is 0 Å². The molecular formula is C26H29F9N7+. The van der Waals surface area contributed by atoms with Crippen LogP contribution in [0.4, 0.5) is 51.1 Å². The number of aromatic amines is 1. The van der Waals surface area contributed by atoms with Crippen molar-refractivity contribution in [3.8, 4) is 0 Å². The fourth-order valence-electron chi connectivity index (χ4n) is 4.78. The molecule has 0 saturated carbocycles. The van der Waals surface area contributed by atoms with Gasteiger partial charge < -0.3 is 15.1 Å². The molecular weight excluding hydrogens is 581 g/mol. The molecule has 230 valence electrons. The average Bonchev–Trinajstić information content (AvgIpc) is 3.37. The van der Waals surface area contributed by atoms with Crippen molar-refractivity contribution in [1.82, 2.24) is 20.3 Å². The van der Waals surface area contributed by atoms with E-state index in [9.17, 15) is 39.5 Å². The summed E-state index contributed by atoms with van der Waals surface area (Å²) in [6.07, 6.45) is -14.1. The summed E-state index contributed by atoms with van der Waals surface area (Å²) >= 11 is 0. The molecule has 1 aliphatic heterocycles. The maximum atomic E-state index is 13.7. The van der Waals surface area contributed by atoms with Crippen LogP contribution in [0.2, 0.25) is 0 Å². The van der Waals surface area contributed by atoms with Crippen LogP contribution in [-0.4, -0.2) is 47.0 Å². The summed E-state index contributed by atoms with van der Waals surface area (Å²) in [5.74, 6) is -0.0927. The first-order chi connectivity index (χ1) is 19.5. The Hall–Kier alpha value is -3.56. The van der Waals surface area contributed by atoms with Gasteiger partial charge in [0.2, 0.25) is 0 Å². The molecule has 7 nitrogen and oxygen atoms in total. The smallest absolute Gasteiger partial charge is 0.382 e. The first kappa shape index (κ1) is 31.4. The number of nitrogens with zero attached hydrogens (tertiary/aromatic N) is 5. The minimum Gasteiger partial charge on any atom is -0.382 e. The van der Waals surface area contributed by atoms with Gasteiger partial charge in [0.25, 0.3) is 0 Å². The number of halogens is 9. The Morgan fingerprint density at radius 3 is 2.05 bits per heavy atom. The molecule has 0 spiro atoms. The summed E-state index contributed by atoms with van der Waals surface area (Å²) in [5.41, 5.74) is -3.77. The first-order valence-electron chi connectivity index (χ1n) is 13.0. The molecule has 0 saturated heterocycles. The highest BCUT2D eigenvalue weighted by atomic mass is 19.4. The minimum atomic E-state index is -5.07. The third-order valence-corrected chi connectivity index (χ3v) is 6.97. The minimum absolute atomic E-state index is 0.0262. The predicted octanol–water partition coefficient (Wildman–Crippen LogP) is 6.05. The molecule has 0 amide bonds. The van der Waals surface area contributed by atoms with E-state index in [0.717, 1.165) is 12.1 Å². The number of nitrogens with one attached hydrogen (secondary N) is 2. The van der Waals surface area contributed by atoms with Crippen molar-refractivity contribution >= 4 is 11.6 Å². The number of H-pyrrole nitrogens is 1. The maximum Gasteiger partial charge on any atom is 0.416 e. The van der Waals surface area contributed by atoms with Crippen LogP contribution >= 0.6 is 0 Å². The molecule has 0 fully saturated rings. The van der Waals surface area contributed by atoms with E-state index in [2.05, 4.69) is 20.7 Å². The van der Waals surface area contributed by atoms with Gasteiger partial charge in [-0.15, -0.1) is 0 Å². The van der Waals surface area contributed by atoms with E-state index >= 15 is 0 Å². The number of hydrogen-bond acceptors (Lipinski definition) is 5. The number of anilines is 2. The highest BCUT2D eigenvalue weighted by Gasteiger charge is 2.40. The molecule has 2 N–H and O–H groups in total. The Labute approximate surface area is 235 Å². The molecule has 2 aromatic carbocycles. The zero-order chi connectivity index (χ0) is 31.0. The lowest BCUT2D eigenvalue weighted by atomic mass is 9.89.